The smallest absolute Gasteiger partial charge is 0.347 e. The van der Waals surface area contributed by atoms with Crippen LogP contribution in [-0.2, 0) is 9.53 Å². The summed E-state index contributed by atoms with van der Waals surface area (Å²) < 4.78 is 11.5. The monoisotopic (exact) mass is 330 g/mol. The average molecular weight is 331 g/mol. The number of esters is 1. The van der Waals surface area contributed by atoms with E-state index in [4.69, 9.17) is 9.47 Å². The van der Waals surface area contributed by atoms with E-state index in [2.05, 4.69) is 15.9 Å². The van der Waals surface area contributed by atoms with Crippen molar-refractivity contribution in [2.75, 3.05) is 6.61 Å². The Balaban J connectivity index is 2.95. The van der Waals surface area contributed by atoms with Gasteiger partial charge < -0.3 is 14.6 Å². The third-order valence-electron chi connectivity index (χ3n) is 2.62. The van der Waals surface area contributed by atoms with Crippen molar-refractivity contribution >= 4 is 21.9 Å². The maximum atomic E-state index is 11.7. The third-order valence-corrected chi connectivity index (χ3v) is 3.11. The summed E-state index contributed by atoms with van der Waals surface area (Å²) in [5.74, 6) is 0.103. The lowest BCUT2D eigenvalue weighted by atomic mass is 10.1. The molecule has 0 aromatic heterocycles. The second-order valence-corrected chi connectivity index (χ2v) is 5.04. The van der Waals surface area contributed by atoms with Crippen molar-refractivity contribution in [1.29, 1.82) is 0 Å². The second kappa shape index (κ2) is 7.50. The first kappa shape index (κ1) is 16.0. The van der Waals surface area contributed by atoms with E-state index in [0.29, 0.717) is 24.3 Å². The molecule has 106 valence electrons. The Hall–Kier alpha value is -1.07. The van der Waals surface area contributed by atoms with Gasteiger partial charge in [-0.25, -0.2) is 4.79 Å². The molecule has 0 spiro atoms. The molecule has 1 aromatic rings. The van der Waals surface area contributed by atoms with Crippen LogP contribution < -0.4 is 4.74 Å². The van der Waals surface area contributed by atoms with Crippen molar-refractivity contribution in [3.63, 3.8) is 0 Å². The van der Waals surface area contributed by atoms with E-state index in [1.807, 2.05) is 13.0 Å². The first-order valence-electron chi connectivity index (χ1n) is 6.30. The fourth-order valence-electron chi connectivity index (χ4n) is 1.64. The van der Waals surface area contributed by atoms with Gasteiger partial charge in [0.1, 0.15) is 5.75 Å². The molecule has 0 saturated heterocycles. The van der Waals surface area contributed by atoms with Crippen molar-refractivity contribution in [3.8, 4) is 5.75 Å². The highest BCUT2D eigenvalue weighted by Crippen LogP contribution is 2.29. The van der Waals surface area contributed by atoms with Crippen molar-refractivity contribution in [2.45, 2.75) is 39.4 Å². The van der Waals surface area contributed by atoms with E-state index >= 15 is 0 Å². The maximum absolute atomic E-state index is 11.7. The van der Waals surface area contributed by atoms with E-state index in [-0.39, 0.29) is 5.97 Å². The minimum absolute atomic E-state index is 0.320. The van der Waals surface area contributed by atoms with Gasteiger partial charge in [0.25, 0.3) is 0 Å². The Kier molecular flexibility index (Phi) is 6.31. The lowest BCUT2D eigenvalue weighted by molar-refractivity contribution is -0.151. The van der Waals surface area contributed by atoms with E-state index in [9.17, 15) is 9.90 Å². The van der Waals surface area contributed by atoms with Gasteiger partial charge in [-0.1, -0.05) is 28.9 Å². The van der Waals surface area contributed by atoms with Crippen molar-refractivity contribution in [3.05, 3.63) is 28.2 Å². The number of benzene rings is 1. The summed E-state index contributed by atoms with van der Waals surface area (Å²) in [6.45, 7) is 5.58. The maximum Gasteiger partial charge on any atom is 0.347 e. The molecular weight excluding hydrogens is 312 g/mol. The van der Waals surface area contributed by atoms with E-state index < -0.39 is 12.2 Å². The summed E-state index contributed by atoms with van der Waals surface area (Å²) in [4.78, 5) is 11.7. The van der Waals surface area contributed by atoms with Crippen LogP contribution in [0, 0.1) is 0 Å². The summed E-state index contributed by atoms with van der Waals surface area (Å²) in [6.07, 6.45) is -0.820. The van der Waals surface area contributed by atoms with Crippen LogP contribution in [0.15, 0.2) is 22.7 Å². The van der Waals surface area contributed by atoms with Crippen LogP contribution in [-0.4, -0.2) is 23.8 Å². The summed E-state index contributed by atoms with van der Waals surface area (Å²) in [5.41, 5.74) is 0.644. The van der Waals surface area contributed by atoms with Gasteiger partial charge in [0, 0.05) is 10.0 Å². The van der Waals surface area contributed by atoms with Crippen LogP contribution in [0.3, 0.4) is 0 Å². The summed E-state index contributed by atoms with van der Waals surface area (Å²) in [5, 5.41) is 9.71. The Labute approximate surface area is 121 Å². The normalized spacial score (nSPS) is 13.7. The minimum atomic E-state index is -0.664. The molecule has 0 saturated carbocycles. The number of carbonyl (C=O) groups excluding carboxylic acids is 1. The molecule has 0 bridgehead atoms. The largest absolute Gasteiger partial charge is 0.478 e. The van der Waals surface area contributed by atoms with Gasteiger partial charge in [0.2, 0.25) is 0 Å². The zero-order valence-electron chi connectivity index (χ0n) is 11.4. The van der Waals surface area contributed by atoms with E-state index in [1.165, 1.54) is 0 Å². The molecule has 0 aliphatic heterocycles. The van der Waals surface area contributed by atoms with Crippen LogP contribution in [0.1, 0.15) is 38.9 Å². The van der Waals surface area contributed by atoms with Gasteiger partial charge in [0.15, 0.2) is 6.10 Å². The van der Waals surface area contributed by atoms with Crippen LogP contribution in [0.2, 0.25) is 0 Å². The van der Waals surface area contributed by atoms with Crippen molar-refractivity contribution in [1.82, 2.24) is 0 Å². The third kappa shape index (κ3) is 4.51. The van der Waals surface area contributed by atoms with Gasteiger partial charge in [-0.3, -0.25) is 0 Å². The first-order chi connectivity index (χ1) is 8.99. The summed E-state index contributed by atoms with van der Waals surface area (Å²) in [7, 11) is 0. The number of aliphatic hydroxyl groups excluding tert-OH is 1. The fraction of sp³-hybridized carbons (Fsp3) is 0.500. The number of halogens is 1. The molecule has 0 fully saturated rings. The summed E-state index contributed by atoms with van der Waals surface area (Å²) >= 11 is 3.35. The minimum Gasteiger partial charge on any atom is -0.478 e. The number of hydrogen-bond donors (Lipinski definition) is 1. The molecule has 4 nitrogen and oxygen atoms in total. The molecule has 0 aliphatic rings. The SMILES string of the molecule is CCOC(=O)C(CC)Oc1cc(Br)ccc1[C@@H](C)O. The average Bonchev–Trinajstić information content (AvgIpc) is 2.35. The molecular formula is C14H19BrO4. The predicted octanol–water partition coefficient (Wildman–Crippen LogP) is 3.22. The van der Waals surface area contributed by atoms with E-state index in [1.54, 1.807) is 26.0 Å². The molecule has 0 heterocycles. The number of aliphatic hydroxyl groups is 1. The molecule has 0 amide bonds. The van der Waals surface area contributed by atoms with Gasteiger partial charge in [-0.2, -0.15) is 0 Å². The Bertz CT molecular complexity index is 431. The van der Waals surface area contributed by atoms with Crippen LogP contribution in [0.5, 0.6) is 5.75 Å². The van der Waals surface area contributed by atoms with Gasteiger partial charge in [-0.05, 0) is 32.4 Å². The van der Waals surface area contributed by atoms with Crippen molar-refractivity contribution in [2.24, 2.45) is 0 Å². The van der Waals surface area contributed by atoms with Crippen LogP contribution in [0.25, 0.3) is 0 Å². The Morgan fingerprint density at radius 2 is 2.11 bits per heavy atom. The number of hydrogen-bond acceptors (Lipinski definition) is 4. The molecule has 1 unspecified atom stereocenters. The van der Waals surface area contributed by atoms with Crippen molar-refractivity contribution < 1.29 is 19.4 Å². The van der Waals surface area contributed by atoms with Crippen LogP contribution in [0.4, 0.5) is 0 Å². The highest BCUT2D eigenvalue weighted by atomic mass is 79.9. The van der Waals surface area contributed by atoms with E-state index in [0.717, 1.165) is 4.47 Å². The number of ether oxygens (including phenoxy) is 2. The number of rotatable bonds is 6. The van der Waals surface area contributed by atoms with Gasteiger partial charge in [-0.15, -0.1) is 0 Å². The second-order valence-electron chi connectivity index (χ2n) is 4.12. The molecule has 2 atom stereocenters. The lowest BCUT2D eigenvalue weighted by Gasteiger charge is -2.19. The molecule has 1 rings (SSSR count). The molecule has 1 aromatic carbocycles. The molecule has 0 aliphatic carbocycles. The zero-order chi connectivity index (χ0) is 14.4. The quantitative estimate of drug-likeness (QED) is 0.813. The topological polar surface area (TPSA) is 55.8 Å². The van der Waals surface area contributed by atoms with Crippen LogP contribution >= 0.6 is 15.9 Å². The first-order valence-corrected chi connectivity index (χ1v) is 7.09. The Morgan fingerprint density at radius 1 is 1.42 bits per heavy atom. The highest BCUT2D eigenvalue weighted by molar-refractivity contribution is 9.10. The van der Waals surface area contributed by atoms with Gasteiger partial charge in [0.05, 0.1) is 12.7 Å². The van der Waals surface area contributed by atoms with Gasteiger partial charge >= 0.3 is 5.97 Å². The highest BCUT2D eigenvalue weighted by Gasteiger charge is 2.21. The molecule has 5 heteroatoms. The lowest BCUT2D eigenvalue weighted by Crippen LogP contribution is -2.29. The molecule has 1 N–H and O–H groups in total. The fourth-order valence-corrected chi connectivity index (χ4v) is 1.98. The standard InChI is InChI=1S/C14H19BrO4/c1-4-12(14(17)18-5-2)19-13-8-10(15)6-7-11(13)9(3)16/h6-9,12,16H,4-5H2,1-3H3/t9-,12?/m1/s1. The summed E-state index contributed by atoms with van der Waals surface area (Å²) in [6, 6.07) is 5.33. The molecule has 19 heavy (non-hydrogen) atoms. The Morgan fingerprint density at radius 3 is 2.63 bits per heavy atom. The predicted molar refractivity (Wildman–Crippen MR) is 76.1 cm³/mol. The zero-order valence-corrected chi connectivity index (χ0v) is 12.9. The molecule has 0 radical (unpaired) electrons. The number of carbonyl (C=O) groups is 1.